The largest absolute Gasteiger partial charge is 0.433 e. The molecule has 6 heteroatoms. The predicted octanol–water partition coefficient (Wildman–Crippen LogP) is 1.72. The molecule has 2 nitrogen and oxygen atoms in total. The number of H-pyrrole nitrogens is 1. The third-order valence-corrected chi connectivity index (χ3v) is 1.24. The average molecular weight is 168 g/mol. The molecule has 1 aromatic heterocycles. The maximum Gasteiger partial charge on any atom is 0.433 e. The van der Waals surface area contributed by atoms with Crippen LogP contribution < -0.4 is 0 Å². The molecule has 0 atom stereocenters. The first-order chi connectivity index (χ1) is 4.52. The first kappa shape index (κ1) is 7.46. The van der Waals surface area contributed by atoms with Gasteiger partial charge in [0.1, 0.15) is 0 Å². The molecule has 0 saturated heterocycles. The van der Waals surface area contributed by atoms with E-state index in [9.17, 15) is 13.2 Å². The van der Waals surface area contributed by atoms with E-state index in [4.69, 9.17) is 0 Å². The summed E-state index contributed by atoms with van der Waals surface area (Å²) in [6.07, 6.45) is -3.38. The summed E-state index contributed by atoms with van der Waals surface area (Å²) in [5.74, 6) is 0. The molecule has 1 heterocycles. The van der Waals surface area contributed by atoms with E-state index in [1.165, 1.54) is 0 Å². The molecule has 0 fully saturated rings. The zero-order valence-corrected chi connectivity index (χ0v) is 5.50. The van der Waals surface area contributed by atoms with Gasteiger partial charge in [0.2, 0.25) is 0 Å². The predicted molar refractivity (Wildman–Crippen MR) is 30.8 cm³/mol. The Balaban J connectivity index is 3.05. The van der Waals surface area contributed by atoms with E-state index < -0.39 is 11.9 Å². The Morgan fingerprint density at radius 2 is 2.10 bits per heavy atom. The molecular weight excluding hydrogens is 165 g/mol. The molecule has 0 amide bonds. The standard InChI is InChI=1S/C4H3F3N2S/c5-4(6,7)3-2(10)1-8-9-3/h1,10H,(H,8,9). The highest BCUT2D eigenvalue weighted by atomic mass is 32.1. The Kier molecular flexibility index (Phi) is 1.63. The van der Waals surface area contributed by atoms with Crippen molar-refractivity contribution >= 4 is 12.6 Å². The fourth-order valence-electron chi connectivity index (χ4n) is 0.488. The van der Waals surface area contributed by atoms with Gasteiger partial charge in [0.05, 0.1) is 11.1 Å². The van der Waals surface area contributed by atoms with Crippen molar-refractivity contribution in [3.63, 3.8) is 0 Å². The molecule has 0 aliphatic heterocycles. The van der Waals surface area contributed by atoms with E-state index in [1.807, 2.05) is 0 Å². The second-order valence-corrected chi connectivity index (χ2v) is 2.11. The molecular formula is C4H3F3N2S. The van der Waals surface area contributed by atoms with Gasteiger partial charge >= 0.3 is 6.18 Å². The van der Waals surface area contributed by atoms with Crippen LogP contribution in [0.5, 0.6) is 0 Å². The van der Waals surface area contributed by atoms with Crippen LogP contribution in [-0.2, 0) is 6.18 Å². The number of rotatable bonds is 0. The Labute approximate surface area is 59.8 Å². The lowest BCUT2D eigenvalue weighted by Gasteiger charge is -2.01. The summed E-state index contributed by atoms with van der Waals surface area (Å²) in [5, 5.41) is 4.96. The number of nitrogens with zero attached hydrogens (tertiary/aromatic N) is 1. The summed E-state index contributed by atoms with van der Waals surface area (Å²) < 4.78 is 35.3. The second-order valence-electron chi connectivity index (χ2n) is 1.63. The number of halogens is 3. The third kappa shape index (κ3) is 1.26. The molecule has 56 valence electrons. The molecule has 10 heavy (non-hydrogen) atoms. The van der Waals surface area contributed by atoms with Crippen LogP contribution in [0.25, 0.3) is 0 Å². The van der Waals surface area contributed by atoms with Crippen molar-refractivity contribution in [1.82, 2.24) is 10.2 Å². The number of hydrogen-bond acceptors (Lipinski definition) is 2. The number of alkyl halides is 3. The van der Waals surface area contributed by atoms with Crippen LogP contribution in [0.15, 0.2) is 11.1 Å². The number of nitrogens with one attached hydrogen (secondary N) is 1. The van der Waals surface area contributed by atoms with Crippen LogP contribution in [0.3, 0.4) is 0 Å². The van der Waals surface area contributed by atoms with E-state index in [0.29, 0.717) is 0 Å². The van der Waals surface area contributed by atoms with Crippen molar-refractivity contribution in [1.29, 1.82) is 0 Å². The van der Waals surface area contributed by atoms with Gasteiger partial charge in [-0.25, -0.2) is 0 Å². The first-order valence-electron chi connectivity index (χ1n) is 2.31. The molecule has 0 radical (unpaired) electrons. The zero-order valence-electron chi connectivity index (χ0n) is 4.61. The van der Waals surface area contributed by atoms with Crippen molar-refractivity contribution in [3.8, 4) is 0 Å². The lowest BCUT2D eigenvalue weighted by Crippen LogP contribution is -2.06. The average Bonchev–Trinajstić information content (AvgIpc) is 2.11. The van der Waals surface area contributed by atoms with E-state index in [-0.39, 0.29) is 4.90 Å². The van der Waals surface area contributed by atoms with Crippen molar-refractivity contribution < 1.29 is 13.2 Å². The molecule has 0 aromatic carbocycles. The molecule has 0 aliphatic carbocycles. The lowest BCUT2D eigenvalue weighted by atomic mass is 10.4. The summed E-state index contributed by atoms with van der Waals surface area (Å²) in [4.78, 5) is -0.187. The summed E-state index contributed by atoms with van der Waals surface area (Å²) >= 11 is 3.53. The summed E-state index contributed by atoms with van der Waals surface area (Å²) in [7, 11) is 0. The van der Waals surface area contributed by atoms with Crippen LogP contribution in [0.2, 0.25) is 0 Å². The van der Waals surface area contributed by atoms with Crippen LogP contribution in [0, 0.1) is 0 Å². The van der Waals surface area contributed by atoms with Crippen LogP contribution in [0.1, 0.15) is 5.69 Å². The molecule has 0 aliphatic rings. The number of hydrogen-bond donors (Lipinski definition) is 2. The second kappa shape index (κ2) is 2.19. The molecule has 1 N–H and O–H groups in total. The summed E-state index contributed by atoms with van der Waals surface area (Å²) in [5.41, 5.74) is -0.907. The number of aromatic amines is 1. The Bertz CT molecular complexity index is 229. The van der Waals surface area contributed by atoms with Crippen molar-refractivity contribution in [3.05, 3.63) is 11.9 Å². The smallest absolute Gasteiger partial charge is 0.273 e. The third-order valence-electron chi connectivity index (χ3n) is 0.903. The fraction of sp³-hybridized carbons (Fsp3) is 0.250. The molecule has 1 aromatic rings. The van der Waals surface area contributed by atoms with Gasteiger partial charge in [0.25, 0.3) is 0 Å². The minimum absolute atomic E-state index is 0.187. The van der Waals surface area contributed by atoms with E-state index in [2.05, 4.69) is 17.7 Å². The van der Waals surface area contributed by atoms with E-state index in [0.717, 1.165) is 6.20 Å². The molecule has 0 spiro atoms. The molecule has 0 saturated carbocycles. The quantitative estimate of drug-likeness (QED) is 0.567. The monoisotopic (exact) mass is 168 g/mol. The highest BCUT2D eigenvalue weighted by molar-refractivity contribution is 7.80. The Hall–Kier alpha value is -0.650. The van der Waals surface area contributed by atoms with Gasteiger partial charge in [-0.3, -0.25) is 5.10 Å². The first-order valence-corrected chi connectivity index (χ1v) is 2.76. The van der Waals surface area contributed by atoms with Crippen LogP contribution >= 0.6 is 12.6 Å². The van der Waals surface area contributed by atoms with Gasteiger partial charge in [-0.05, 0) is 0 Å². The number of aromatic nitrogens is 2. The summed E-state index contributed by atoms with van der Waals surface area (Å²) in [6.45, 7) is 0. The minimum Gasteiger partial charge on any atom is -0.273 e. The highest BCUT2D eigenvalue weighted by Gasteiger charge is 2.34. The van der Waals surface area contributed by atoms with Gasteiger partial charge < -0.3 is 0 Å². The van der Waals surface area contributed by atoms with E-state index in [1.54, 1.807) is 5.10 Å². The normalized spacial score (nSPS) is 12.0. The lowest BCUT2D eigenvalue weighted by molar-refractivity contribution is -0.143. The van der Waals surface area contributed by atoms with Crippen molar-refractivity contribution in [2.45, 2.75) is 11.1 Å². The Morgan fingerprint density at radius 1 is 1.50 bits per heavy atom. The maximum absolute atomic E-state index is 11.8. The SMILES string of the molecule is FC(F)(F)c1[nH]ncc1S. The minimum atomic E-state index is -4.38. The fourth-order valence-corrected chi connectivity index (χ4v) is 0.723. The van der Waals surface area contributed by atoms with Crippen molar-refractivity contribution in [2.75, 3.05) is 0 Å². The van der Waals surface area contributed by atoms with E-state index >= 15 is 0 Å². The topological polar surface area (TPSA) is 28.7 Å². The maximum atomic E-state index is 11.8. The Morgan fingerprint density at radius 3 is 2.30 bits per heavy atom. The molecule has 0 unspecified atom stereocenters. The van der Waals surface area contributed by atoms with Crippen molar-refractivity contribution in [2.24, 2.45) is 0 Å². The van der Waals surface area contributed by atoms with Gasteiger partial charge in [0.15, 0.2) is 5.69 Å². The van der Waals surface area contributed by atoms with Gasteiger partial charge in [0, 0.05) is 0 Å². The molecule has 0 bridgehead atoms. The van der Waals surface area contributed by atoms with Crippen LogP contribution in [0.4, 0.5) is 13.2 Å². The molecule has 1 rings (SSSR count). The van der Waals surface area contributed by atoms with Gasteiger partial charge in [-0.2, -0.15) is 18.3 Å². The van der Waals surface area contributed by atoms with Crippen LogP contribution in [-0.4, -0.2) is 10.2 Å². The van der Waals surface area contributed by atoms with Gasteiger partial charge in [-0.15, -0.1) is 12.6 Å². The zero-order chi connectivity index (χ0) is 7.78. The summed E-state index contributed by atoms with van der Waals surface area (Å²) in [6, 6.07) is 0. The van der Waals surface area contributed by atoms with Gasteiger partial charge in [-0.1, -0.05) is 0 Å². The number of thiol groups is 1. The highest BCUT2D eigenvalue weighted by Crippen LogP contribution is 2.31.